The summed E-state index contributed by atoms with van der Waals surface area (Å²) in [6, 6.07) is 15.2. The number of aromatic nitrogens is 2. The number of amides is 2. The van der Waals surface area contributed by atoms with Gasteiger partial charge in [0.2, 0.25) is 5.91 Å². The van der Waals surface area contributed by atoms with Gasteiger partial charge in [-0.25, -0.2) is 4.98 Å². The Morgan fingerprint density at radius 2 is 1.80 bits per heavy atom. The minimum absolute atomic E-state index is 0.0990. The highest BCUT2D eigenvalue weighted by atomic mass is 16.2. The molecule has 4 rings (SSSR count). The number of imidazole rings is 1. The number of hydrogen-bond donors (Lipinski definition) is 2. The van der Waals surface area contributed by atoms with Crippen LogP contribution in [0, 0.1) is 5.92 Å². The molecule has 0 fully saturated rings. The van der Waals surface area contributed by atoms with Crippen LogP contribution in [0.15, 0.2) is 48.5 Å². The molecule has 6 heteroatoms. The normalized spacial score (nSPS) is 16.7. The van der Waals surface area contributed by atoms with Gasteiger partial charge in [0.05, 0.1) is 29.5 Å². The summed E-state index contributed by atoms with van der Waals surface area (Å²) < 4.78 is 2.20. The maximum Gasteiger partial charge on any atom is 0.252 e. The van der Waals surface area contributed by atoms with Crippen molar-refractivity contribution in [1.82, 2.24) is 20.2 Å². The Morgan fingerprint density at radius 1 is 1.10 bits per heavy atom. The van der Waals surface area contributed by atoms with Crippen LogP contribution in [0.5, 0.6) is 0 Å². The second kappa shape index (κ2) is 7.94. The average Bonchev–Trinajstić information content (AvgIpc) is 3.24. The summed E-state index contributed by atoms with van der Waals surface area (Å²) in [7, 11) is 0. The number of para-hydroxylation sites is 2. The van der Waals surface area contributed by atoms with Crippen LogP contribution in [-0.2, 0) is 4.79 Å². The van der Waals surface area contributed by atoms with Crippen LogP contribution in [0.4, 0.5) is 0 Å². The average molecular weight is 405 g/mol. The Bertz CT molecular complexity index is 1100. The van der Waals surface area contributed by atoms with Crippen LogP contribution in [0.25, 0.3) is 11.0 Å². The van der Waals surface area contributed by atoms with Crippen molar-refractivity contribution >= 4 is 22.8 Å². The topological polar surface area (TPSA) is 76.0 Å². The lowest BCUT2D eigenvalue weighted by atomic mass is 10.0. The molecular formula is C24H28N4O2. The van der Waals surface area contributed by atoms with E-state index in [1.54, 1.807) is 6.07 Å². The third-order valence-corrected chi connectivity index (χ3v) is 5.68. The molecule has 1 aliphatic rings. The van der Waals surface area contributed by atoms with Crippen molar-refractivity contribution < 1.29 is 9.59 Å². The molecule has 0 unspecified atom stereocenters. The van der Waals surface area contributed by atoms with Gasteiger partial charge in [0, 0.05) is 11.6 Å². The summed E-state index contributed by atoms with van der Waals surface area (Å²) in [5.74, 6) is 0.808. The van der Waals surface area contributed by atoms with Crippen molar-refractivity contribution in [2.24, 2.45) is 5.92 Å². The highest BCUT2D eigenvalue weighted by Crippen LogP contribution is 2.31. The van der Waals surface area contributed by atoms with Crippen molar-refractivity contribution in [2.75, 3.05) is 0 Å². The van der Waals surface area contributed by atoms with Gasteiger partial charge in [-0.05, 0) is 43.5 Å². The van der Waals surface area contributed by atoms with Crippen LogP contribution >= 0.6 is 0 Å². The summed E-state index contributed by atoms with van der Waals surface area (Å²) in [4.78, 5) is 30.0. The third-order valence-electron chi connectivity index (χ3n) is 5.68. The van der Waals surface area contributed by atoms with E-state index in [1.807, 2.05) is 36.4 Å². The first-order chi connectivity index (χ1) is 14.4. The molecule has 3 aromatic rings. The minimum Gasteiger partial charge on any atom is -0.346 e. The maximum atomic E-state index is 13.0. The number of carbonyl (C=O) groups excluding carboxylic acids is 2. The quantitative estimate of drug-likeness (QED) is 0.643. The molecule has 0 saturated heterocycles. The van der Waals surface area contributed by atoms with Crippen LogP contribution in [0.2, 0.25) is 0 Å². The number of rotatable bonds is 6. The number of carbonyl (C=O) groups is 2. The number of nitrogens with one attached hydrogen (secondary N) is 2. The number of nitrogens with zero attached hydrogens (tertiary/aromatic N) is 2. The zero-order valence-electron chi connectivity index (χ0n) is 17.8. The Labute approximate surface area is 176 Å². The zero-order chi connectivity index (χ0) is 21.4. The van der Waals surface area contributed by atoms with Crippen LogP contribution in [-0.4, -0.2) is 21.4 Å². The number of hydrogen-bond acceptors (Lipinski definition) is 3. The molecule has 1 aliphatic heterocycles. The molecule has 0 radical (unpaired) electrons. The van der Waals surface area contributed by atoms with Gasteiger partial charge in [0.1, 0.15) is 5.82 Å². The van der Waals surface area contributed by atoms with E-state index < -0.39 is 0 Å². The lowest BCUT2D eigenvalue weighted by Gasteiger charge is -2.25. The summed E-state index contributed by atoms with van der Waals surface area (Å²) >= 11 is 0. The molecule has 0 aliphatic carbocycles. The van der Waals surface area contributed by atoms with E-state index in [4.69, 9.17) is 4.98 Å². The van der Waals surface area contributed by atoms with Gasteiger partial charge in [-0.2, -0.15) is 0 Å². The van der Waals surface area contributed by atoms with Crippen molar-refractivity contribution in [2.45, 2.75) is 52.2 Å². The van der Waals surface area contributed by atoms with E-state index in [2.05, 4.69) is 49.0 Å². The van der Waals surface area contributed by atoms with Crippen LogP contribution < -0.4 is 10.6 Å². The van der Waals surface area contributed by atoms with Gasteiger partial charge in [-0.15, -0.1) is 0 Å². The molecule has 0 spiro atoms. The second-order valence-electron chi connectivity index (χ2n) is 8.53. The first-order valence-corrected chi connectivity index (χ1v) is 10.5. The fraction of sp³-hybridized carbons (Fsp3) is 0.375. The lowest BCUT2D eigenvalue weighted by Crippen LogP contribution is -2.36. The summed E-state index contributed by atoms with van der Waals surface area (Å²) in [5, 5.41) is 6.11. The Morgan fingerprint density at radius 3 is 2.53 bits per heavy atom. The van der Waals surface area contributed by atoms with E-state index >= 15 is 0 Å². The fourth-order valence-electron chi connectivity index (χ4n) is 4.25. The van der Waals surface area contributed by atoms with Gasteiger partial charge >= 0.3 is 0 Å². The monoisotopic (exact) mass is 404 g/mol. The Kier molecular flexibility index (Phi) is 5.33. The van der Waals surface area contributed by atoms with Gasteiger partial charge in [-0.3, -0.25) is 9.59 Å². The second-order valence-corrected chi connectivity index (χ2v) is 8.53. The van der Waals surface area contributed by atoms with E-state index in [1.165, 1.54) is 0 Å². The van der Waals surface area contributed by atoms with Crippen molar-refractivity contribution in [3.05, 3.63) is 65.5 Å². The SMILES string of the molecule is CC(C)[C@@H](NC(=O)C[C@H]1NC(=O)c2ccccc21)c1nc2ccccc2n1C(C)C. The van der Waals surface area contributed by atoms with Crippen LogP contribution in [0.3, 0.4) is 0 Å². The first kappa shape index (κ1) is 20.1. The van der Waals surface area contributed by atoms with Crippen LogP contribution in [0.1, 0.15) is 74.0 Å². The van der Waals surface area contributed by atoms with E-state index in [0.717, 1.165) is 22.4 Å². The highest BCUT2D eigenvalue weighted by Gasteiger charge is 2.31. The molecule has 2 atom stereocenters. The van der Waals surface area contributed by atoms with Crippen molar-refractivity contribution in [1.29, 1.82) is 0 Å². The standard InChI is InChI=1S/C24H28N4O2/c1-14(2)22(23-25-18-11-7-8-12-20(18)28(23)15(3)4)27-21(29)13-19-16-9-5-6-10-17(16)24(30)26-19/h5-12,14-15,19,22H,13H2,1-4H3,(H,26,30)(H,27,29)/t19-,22-/m1/s1. The van der Waals surface area contributed by atoms with E-state index in [0.29, 0.717) is 5.56 Å². The predicted octanol–water partition coefficient (Wildman–Crippen LogP) is 4.31. The van der Waals surface area contributed by atoms with Crippen molar-refractivity contribution in [3.8, 4) is 0 Å². The number of fused-ring (bicyclic) bond motifs is 2. The lowest BCUT2D eigenvalue weighted by molar-refractivity contribution is -0.122. The molecular weight excluding hydrogens is 376 g/mol. The molecule has 0 saturated carbocycles. The van der Waals surface area contributed by atoms with E-state index in [-0.39, 0.29) is 42.3 Å². The molecule has 2 aromatic carbocycles. The van der Waals surface area contributed by atoms with E-state index in [9.17, 15) is 9.59 Å². The minimum atomic E-state index is -0.301. The molecule has 2 amide bonds. The summed E-state index contributed by atoms with van der Waals surface area (Å²) in [5.41, 5.74) is 3.53. The molecule has 0 bridgehead atoms. The molecule has 1 aromatic heterocycles. The van der Waals surface area contributed by atoms with Gasteiger partial charge in [-0.1, -0.05) is 44.2 Å². The van der Waals surface area contributed by atoms with Gasteiger partial charge < -0.3 is 15.2 Å². The first-order valence-electron chi connectivity index (χ1n) is 10.5. The molecule has 2 N–H and O–H groups in total. The summed E-state index contributed by atoms with van der Waals surface area (Å²) in [6.45, 7) is 8.42. The fourth-order valence-corrected chi connectivity index (χ4v) is 4.25. The van der Waals surface area contributed by atoms with Gasteiger partial charge in [0.25, 0.3) is 5.91 Å². The molecule has 30 heavy (non-hydrogen) atoms. The summed E-state index contributed by atoms with van der Waals surface area (Å²) in [6.07, 6.45) is 0.202. The zero-order valence-corrected chi connectivity index (χ0v) is 17.8. The predicted molar refractivity (Wildman–Crippen MR) is 117 cm³/mol. The smallest absolute Gasteiger partial charge is 0.252 e. The van der Waals surface area contributed by atoms with Gasteiger partial charge in [0.15, 0.2) is 0 Å². The Hall–Kier alpha value is -3.15. The molecule has 2 heterocycles. The molecule has 156 valence electrons. The largest absolute Gasteiger partial charge is 0.346 e. The van der Waals surface area contributed by atoms with Crippen molar-refractivity contribution in [3.63, 3.8) is 0 Å². The third kappa shape index (κ3) is 3.58. The molecule has 6 nitrogen and oxygen atoms in total. The number of benzene rings is 2. The maximum absolute atomic E-state index is 13.0. The Balaban J connectivity index is 1.60. The highest BCUT2D eigenvalue weighted by molar-refractivity contribution is 5.99.